The van der Waals surface area contributed by atoms with Gasteiger partial charge >= 0.3 is 0 Å². The highest BCUT2D eigenvalue weighted by molar-refractivity contribution is 5.49. The van der Waals surface area contributed by atoms with Gasteiger partial charge in [-0.25, -0.2) is 4.39 Å². The molecule has 1 aliphatic rings. The van der Waals surface area contributed by atoms with Crippen LogP contribution < -0.4 is 4.74 Å². The summed E-state index contributed by atoms with van der Waals surface area (Å²) in [4.78, 5) is 2.32. The van der Waals surface area contributed by atoms with Crippen molar-refractivity contribution in [1.82, 2.24) is 4.90 Å². The summed E-state index contributed by atoms with van der Waals surface area (Å²) >= 11 is 0. The number of methoxy groups -OCH3 is 1. The van der Waals surface area contributed by atoms with Crippen LogP contribution in [0.1, 0.15) is 16.7 Å². The van der Waals surface area contributed by atoms with Crippen LogP contribution in [0.2, 0.25) is 0 Å². The maximum absolute atomic E-state index is 14.3. The lowest BCUT2D eigenvalue weighted by Crippen LogP contribution is -2.55. The SMILES string of the molecule is COc1ccccc1C(CO)(c1cccc(F)c1)C1CN(Cc2ccccc2)CCO1. The highest BCUT2D eigenvalue weighted by Crippen LogP contribution is 2.42. The Morgan fingerprint density at radius 2 is 1.84 bits per heavy atom. The van der Waals surface area contributed by atoms with Crippen LogP contribution in [0.4, 0.5) is 4.39 Å². The Kier molecular flexibility index (Phi) is 6.66. The normalized spacial score (nSPS) is 19.0. The first-order valence-electron chi connectivity index (χ1n) is 10.6. The van der Waals surface area contributed by atoms with E-state index in [1.54, 1.807) is 13.2 Å². The van der Waals surface area contributed by atoms with Crippen molar-refractivity contribution in [2.45, 2.75) is 18.1 Å². The average molecular weight is 422 g/mol. The Bertz CT molecular complexity index is 997. The Balaban J connectivity index is 1.77. The van der Waals surface area contributed by atoms with Crippen LogP contribution in [-0.4, -0.2) is 49.5 Å². The molecule has 1 aliphatic heterocycles. The van der Waals surface area contributed by atoms with Crippen molar-refractivity contribution in [3.63, 3.8) is 0 Å². The lowest BCUT2D eigenvalue weighted by atomic mass is 9.69. The molecule has 1 fully saturated rings. The van der Waals surface area contributed by atoms with Crippen molar-refractivity contribution >= 4 is 0 Å². The molecule has 162 valence electrons. The van der Waals surface area contributed by atoms with Crippen LogP contribution in [-0.2, 0) is 16.7 Å². The van der Waals surface area contributed by atoms with Crippen LogP contribution in [0.5, 0.6) is 5.75 Å². The van der Waals surface area contributed by atoms with E-state index in [9.17, 15) is 9.50 Å². The predicted octanol–water partition coefficient (Wildman–Crippen LogP) is 4.01. The number of halogens is 1. The molecule has 0 amide bonds. The van der Waals surface area contributed by atoms with E-state index < -0.39 is 5.41 Å². The highest BCUT2D eigenvalue weighted by Gasteiger charge is 2.46. The van der Waals surface area contributed by atoms with E-state index in [-0.39, 0.29) is 18.5 Å². The zero-order valence-electron chi connectivity index (χ0n) is 17.7. The van der Waals surface area contributed by atoms with E-state index >= 15 is 0 Å². The number of morpholine rings is 1. The molecule has 31 heavy (non-hydrogen) atoms. The zero-order chi connectivity index (χ0) is 21.7. The van der Waals surface area contributed by atoms with Gasteiger partial charge in [0.05, 0.1) is 31.8 Å². The summed E-state index contributed by atoms with van der Waals surface area (Å²) in [5.74, 6) is 0.298. The monoisotopic (exact) mass is 421 g/mol. The van der Waals surface area contributed by atoms with Gasteiger partial charge in [0.2, 0.25) is 0 Å². The molecule has 1 saturated heterocycles. The smallest absolute Gasteiger partial charge is 0.123 e. The molecular weight excluding hydrogens is 393 g/mol. The molecular formula is C26H28FNO3. The van der Waals surface area contributed by atoms with Crippen molar-refractivity contribution < 1.29 is 19.0 Å². The van der Waals surface area contributed by atoms with Crippen LogP contribution in [0.3, 0.4) is 0 Å². The van der Waals surface area contributed by atoms with Gasteiger partial charge in [0.15, 0.2) is 0 Å². The first kappa shape index (κ1) is 21.5. The average Bonchev–Trinajstić information content (AvgIpc) is 2.81. The minimum Gasteiger partial charge on any atom is -0.496 e. The standard InChI is InChI=1S/C26H28FNO3/c1-30-24-13-6-5-12-23(24)26(19-29,21-10-7-11-22(27)16-21)25-18-28(14-15-31-25)17-20-8-3-2-4-9-20/h2-13,16,25,29H,14-15,17-19H2,1H3. The number of rotatable bonds is 7. The summed E-state index contributed by atoms with van der Waals surface area (Å²) in [6, 6.07) is 24.3. The van der Waals surface area contributed by atoms with Gasteiger partial charge in [0.1, 0.15) is 11.6 Å². The topological polar surface area (TPSA) is 41.9 Å². The minimum atomic E-state index is -0.968. The number of hydrogen-bond donors (Lipinski definition) is 1. The second-order valence-electron chi connectivity index (χ2n) is 7.92. The van der Waals surface area contributed by atoms with Crippen molar-refractivity contribution in [2.24, 2.45) is 0 Å². The summed E-state index contributed by atoms with van der Waals surface area (Å²) in [6.07, 6.45) is -0.381. The number of aliphatic hydroxyl groups is 1. The van der Waals surface area contributed by atoms with E-state index in [2.05, 4.69) is 17.0 Å². The molecule has 0 spiro atoms. The lowest BCUT2D eigenvalue weighted by Gasteiger charge is -2.45. The molecule has 0 saturated carbocycles. The molecule has 1 N–H and O–H groups in total. The lowest BCUT2D eigenvalue weighted by molar-refractivity contribution is -0.0738. The van der Waals surface area contributed by atoms with Gasteiger partial charge < -0.3 is 14.6 Å². The second-order valence-corrected chi connectivity index (χ2v) is 7.92. The summed E-state index contributed by atoms with van der Waals surface area (Å²) < 4.78 is 26.2. The quantitative estimate of drug-likeness (QED) is 0.626. The molecule has 5 heteroatoms. The number of benzene rings is 3. The number of para-hydroxylation sites is 1. The molecule has 2 unspecified atom stereocenters. The van der Waals surface area contributed by atoms with Gasteiger partial charge in [-0.05, 0) is 29.3 Å². The Morgan fingerprint density at radius 1 is 1.06 bits per heavy atom. The molecule has 1 heterocycles. The maximum Gasteiger partial charge on any atom is 0.123 e. The Morgan fingerprint density at radius 3 is 2.58 bits per heavy atom. The third-order valence-corrected chi connectivity index (χ3v) is 6.13. The van der Waals surface area contributed by atoms with Gasteiger partial charge in [-0.3, -0.25) is 4.90 Å². The van der Waals surface area contributed by atoms with Crippen LogP contribution in [0.15, 0.2) is 78.9 Å². The fraction of sp³-hybridized carbons (Fsp3) is 0.308. The van der Waals surface area contributed by atoms with Crippen molar-refractivity contribution in [1.29, 1.82) is 0 Å². The predicted molar refractivity (Wildman–Crippen MR) is 119 cm³/mol. The van der Waals surface area contributed by atoms with Gasteiger partial charge in [-0.2, -0.15) is 0 Å². The molecule has 3 aromatic rings. The van der Waals surface area contributed by atoms with Crippen molar-refractivity contribution in [3.8, 4) is 5.75 Å². The second kappa shape index (κ2) is 9.60. The molecule has 4 nitrogen and oxygen atoms in total. The summed E-state index contributed by atoms with van der Waals surface area (Å²) in [7, 11) is 1.61. The molecule has 0 aromatic heterocycles. The van der Waals surface area contributed by atoms with E-state index in [1.165, 1.54) is 17.7 Å². The van der Waals surface area contributed by atoms with Crippen molar-refractivity contribution in [3.05, 3.63) is 101 Å². The molecule has 0 radical (unpaired) electrons. The van der Waals surface area contributed by atoms with Crippen molar-refractivity contribution in [2.75, 3.05) is 33.4 Å². The Hall–Kier alpha value is -2.73. The van der Waals surface area contributed by atoms with Gasteiger partial charge in [-0.15, -0.1) is 0 Å². The van der Waals surface area contributed by atoms with Crippen LogP contribution in [0.25, 0.3) is 0 Å². The van der Waals surface area contributed by atoms with Gasteiger partial charge in [-0.1, -0.05) is 60.7 Å². The fourth-order valence-corrected chi connectivity index (χ4v) is 4.56. The number of hydrogen-bond acceptors (Lipinski definition) is 4. The number of aliphatic hydroxyl groups excluding tert-OH is 1. The molecule has 0 aliphatic carbocycles. The number of nitrogens with zero attached hydrogens (tertiary/aromatic N) is 1. The van der Waals surface area contributed by atoms with Crippen LogP contribution >= 0.6 is 0 Å². The first-order chi connectivity index (χ1) is 15.2. The first-order valence-corrected chi connectivity index (χ1v) is 10.6. The number of ether oxygens (including phenoxy) is 2. The summed E-state index contributed by atoms with van der Waals surface area (Å²) in [5.41, 5.74) is 1.72. The summed E-state index contributed by atoms with van der Waals surface area (Å²) in [6.45, 7) is 2.48. The van der Waals surface area contributed by atoms with E-state index in [4.69, 9.17) is 9.47 Å². The van der Waals surface area contributed by atoms with E-state index in [0.29, 0.717) is 24.5 Å². The highest BCUT2D eigenvalue weighted by atomic mass is 19.1. The fourth-order valence-electron chi connectivity index (χ4n) is 4.56. The summed E-state index contributed by atoms with van der Waals surface area (Å²) in [5, 5.41) is 10.8. The largest absolute Gasteiger partial charge is 0.496 e. The molecule has 3 aromatic carbocycles. The minimum absolute atomic E-state index is 0.235. The van der Waals surface area contributed by atoms with E-state index in [0.717, 1.165) is 18.7 Å². The van der Waals surface area contributed by atoms with E-state index in [1.807, 2.05) is 48.5 Å². The van der Waals surface area contributed by atoms with Gasteiger partial charge in [0, 0.05) is 25.2 Å². The molecule has 4 rings (SSSR count). The zero-order valence-corrected chi connectivity index (χ0v) is 17.7. The molecule has 0 bridgehead atoms. The third-order valence-electron chi connectivity index (χ3n) is 6.13. The third kappa shape index (κ3) is 4.35. The Labute approximate surface area is 182 Å². The van der Waals surface area contributed by atoms with Crippen LogP contribution in [0, 0.1) is 5.82 Å². The molecule has 2 atom stereocenters. The van der Waals surface area contributed by atoms with Gasteiger partial charge in [0.25, 0.3) is 0 Å². The maximum atomic E-state index is 14.3.